The van der Waals surface area contributed by atoms with Crippen molar-refractivity contribution in [3.63, 3.8) is 0 Å². The lowest BCUT2D eigenvalue weighted by Gasteiger charge is -2.07. The molecule has 0 aliphatic rings. The van der Waals surface area contributed by atoms with Gasteiger partial charge in [-0.25, -0.2) is 8.42 Å². The van der Waals surface area contributed by atoms with E-state index in [1.54, 1.807) is 0 Å². The minimum Gasteiger partial charge on any atom is -0.480 e. The average molecular weight is 270 g/mol. The van der Waals surface area contributed by atoms with Crippen LogP contribution in [0.3, 0.4) is 0 Å². The molecule has 0 aromatic heterocycles. The fourth-order valence-corrected chi connectivity index (χ4v) is 4.15. The van der Waals surface area contributed by atoms with Crippen molar-refractivity contribution in [2.24, 2.45) is 0 Å². The van der Waals surface area contributed by atoms with Gasteiger partial charge < -0.3 is 5.11 Å². The summed E-state index contributed by atoms with van der Waals surface area (Å²) in [5.41, 5.74) is 0. The average Bonchev–Trinajstić information content (AvgIpc) is 2.13. The van der Waals surface area contributed by atoms with Crippen molar-refractivity contribution in [2.75, 3.05) is 0 Å². The van der Waals surface area contributed by atoms with E-state index in [1.165, 1.54) is 6.92 Å². The van der Waals surface area contributed by atoms with Gasteiger partial charge in [-0.1, -0.05) is 25.6 Å². The van der Waals surface area contributed by atoms with Crippen LogP contribution in [0, 0.1) is 0 Å². The quantitative estimate of drug-likeness (QED) is 0.588. The van der Waals surface area contributed by atoms with Crippen molar-refractivity contribution in [3.05, 3.63) is 0 Å². The third-order valence-electron chi connectivity index (χ3n) is 1.63. The first-order chi connectivity index (χ1) is 6.81. The van der Waals surface area contributed by atoms with Crippen molar-refractivity contribution in [1.82, 2.24) is 0 Å². The zero-order valence-corrected chi connectivity index (χ0v) is 11.0. The Kier molecular flexibility index (Phi) is 6.38. The minimum atomic E-state index is -3.61. The molecule has 15 heavy (non-hydrogen) atoms. The molecule has 4 nitrogen and oxygen atoms in total. The Labute approximate surface area is 98.8 Å². The fraction of sp³-hybridized carbons (Fsp3) is 0.750. The van der Waals surface area contributed by atoms with Crippen LogP contribution in [0.15, 0.2) is 0 Å². The lowest BCUT2D eigenvalue weighted by Crippen LogP contribution is -2.18. The molecule has 0 saturated heterocycles. The smallest absolute Gasteiger partial charge is 0.317 e. The number of carbonyl (C=O) groups is 1. The van der Waals surface area contributed by atoms with E-state index in [0.29, 0.717) is 23.6 Å². The van der Waals surface area contributed by atoms with E-state index in [-0.39, 0.29) is 4.20 Å². The summed E-state index contributed by atoms with van der Waals surface area (Å²) in [6, 6.07) is 0. The highest BCUT2D eigenvalue weighted by Crippen LogP contribution is 2.23. The van der Waals surface area contributed by atoms with Gasteiger partial charge in [-0.2, -0.15) is 0 Å². The lowest BCUT2D eigenvalue weighted by molar-refractivity contribution is -0.136. The summed E-state index contributed by atoms with van der Waals surface area (Å²) >= 11 is 4.76. The van der Waals surface area contributed by atoms with Crippen molar-refractivity contribution in [1.29, 1.82) is 0 Å². The molecule has 0 heterocycles. The normalized spacial score (nSPS) is 13.5. The molecular weight excluding hydrogens is 256 g/mol. The second-order valence-corrected chi connectivity index (χ2v) is 7.95. The number of aliphatic carboxylic acids is 1. The van der Waals surface area contributed by atoms with Gasteiger partial charge in [0, 0.05) is 0 Å². The van der Waals surface area contributed by atoms with E-state index >= 15 is 0 Å². The number of hydrogen-bond donors (Lipinski definition) is 1. The molecule has 7 heteroatoms. The summed E-state index contributed by atoms with van der Waals surface area (Å²) < 4.78 is 23.0. The SMILES string of the molecule is CCCCC(=S)S(=O)(=O)SC(C)C(=O)O. The molecule has 0 aliphatic heterocycles. The van der Waals surface area contributed by atoms with Gasteiger partial charge in [0.05, 0.1) is 0 Å². The first-order valence-corrected chi connectivity index (χ1v) is 7.79. The zero-order chi connectivity index (χ0) is 12.1. The van der Waals surface area contributed by atoms with Gasteiger partial charge in [0.1, 0.15) is 9.45 Å². The molecule has 0 radical (unpaired) electrons. The number of carboxylic acids is 1. The van der Waals surface area contributed by atoms with E-state index in [4.69, 9.17) is 17.3 Å². The maximum atomic E-state index is 11.5. The number of unbranched alkanes of at least 4 members (excludes halogenated alkanes) is 1. The first kappa shape index (κ1) is 14.9. The molecule has 88 valence electrons. The summed E-state index contributed by atoms with van der Waals surface area (Å²) in [5, 5.41) is 7.58. The maximum absolute atomic E-state index is 11.5. The molecule has 0 aliphatic carbocycles. The monoisotopic (exact) mass is 270 g/mol. The Morgan fingerprint density at radius 1 is 1.53 bits per heavy atom. The van der Waals surface area contributed by atoms with Crippen LogP contribution >= 0.6 is 23.0 Å². The highest BCUT2D eigenvalue weighted by molar-refractivity contribution is 8.79. The highest BCUT2D eigenvalue weighted by atomic mass is 33.1. The van der Waals surface area contributed by atoms with E-state index in [1.807, 2.05) is 6.92 Å². The first-order valence-electron chi connectivity index (χ1n) is 4.50. The predicted octanol–water partition coefficient (Wildman–Crippen LogP) is 2.04. The van der Waals surface area contributed by atoms with Crippen molar-refractivity contribution >= 4 is 42.0 Å². The molecular formula is C8H14O4S3. The number of hydrogen-bond acceptors (Lipinski definition) is 5. The third kappa shape index (κ3) is 5.48. The maximum Gasteiger partial charge on any atom is 0.317 e. The predicted molar refractivity (Wildman–Crippen MR) is 65.7 cm³/mol. The van der Waals surface area contributed by atoms with Crippen LogP contribution in [0.1, 0.15) is 33.1 Å². The molecule has 0 fully saturated rings. The number of thiocarbonyl (C=S) groups is 1. The second kappa shape index (κ2) is 6.44. The van der Waals surface area contributed by atoms with Crippen LogP contribution in [0.25, 0.3) is 0 Å². The Balaban J connectivity index is 4.42. The van der Waals surface area contributed by atoms with E-state index in [9.17, 15) is 13.2 Å². The Hall–Kier alpha value is -0.140. The van der Waals surface area contributed by atoms with E-state index in [0.717, 1.165) is 6.42 Å². The molecule has 0 bridgehead atoms. The molecule has 0 aromatic carbocycles. The van der Waals surface area contributed by atoms with E-state index < -0.39 is 20.1 Å². The van der Waals surface area contributed by atoms with Gasteiger partial charge in [0.2, 0.25) is 8.87 Å². The van der Waals surface area contributed by atoms with Crippen LogP contribution in [-0.4, -0.2) is 28.9 Å². The van der Waals surface area contributed by atoms with Gasteiger partial charge in [-0.3, -0.25) is 4.79 Å². The summed E-state index contributed by atoms with van der Waals surface area (Å²) in [6.45, 7) is 3.26. The van der Waals surface area contributed by atoms with Gasteiger partial charge >= 0.3 is 5.97 Å². The van der Waals surface area contributed by atoms with Gasteiger partial charge in [0.15, 0.2) is 0 Å². The highest BCUT2D eigenvalue weighted by Gasteiger charge is 2.25. The molecule has 0 amide bonds. The topological polar surface area (TPSA) is 71.4 Å². The Morgan fingerprint density at radius 3 is 2.47 bits per heavy atom. The van der Waals surface area contributed by atoms with Crippen LogP contribution in [0.2, 0.25) is 0 Å². The van der Waals surface area contributed by atoms with Crippen molar-refractivity contribution < 1.29 is 18.3 Å². The molecule has 1 N–H and O–H groups in total. The summed E-state index contributed by atoms with van der Waals surface area (Å²) in [4.78, 5) is 10.5. The van der Waals surface area contributed by atoms with Crippen LogP contribution in [-0.2, 0) is 13.7 Å². The minimum absolute atomic E-state index is 0.0533. The molecule has 0 rings (SSSR count). The number of rotatable bonds is 6. The largest absolute Gasteiger partial charge is 0.480 e. The Bertz CT molecular complexity index is 334. The molecule has 1 unspecified atom stereocenters. The van der Waals surface area contributed by atoms with Crippen molar-refractivity contribution in [3.8, 4) is 0 Å². The standard InChI is InChI=1S/C8H14O4S3/c1-3-4-5-7(13)15(11,12)14-6(2)8(9)10/h6H,3-5H2,1-2H3,(H,9,10). The molecule has 0 saturated carbocycles. The Morgan fingerprint density at radius 2 is 2.07 bits per heavy atom. The van der Waals surface area contributed by atoms with Gasteiger partial charge in [-0.15, -0.1) is 0 Å². The van der Waals surface area contributed by atoms with E-state index in [2.05, 4.69) is 0 Å². The third-order valence-corrected chi connectivity index (χ3v) is 6.55. The lowest BCUT2D eigenvalue weighted by atomic mass is 10.3. The van der Waals surface area contributed by atoms with Gasteiger partial charge in [0.25, 0.3) is 0 Å². The van der Waals surface area contributed by atoms with Crippen molar-refractivity contribution in [2.45, 2.75) is 38.4 Å². The van der Waals surface area contributed by atoms with Crippen LogP contribution in [0.4, 0.5) is 0 Å². The number of carboxylic acid groups (broad SMARTS) is 1. The molecule has 1 atom stereocenters. The van der Waals surface area contributed by atoms with Gasteiger partial charge in [-0.05, 0) is 30.6 Å². The molecule has 0 spiro atoms. The summed E-state index contributed by atoms with van der Waals surface area (Å²) in [5.74, 6) is -1.15. The van der Waals surface area contributed by atoms with Crippen LogP contribution in [0.5, 0.6) is 0 Å². The van der Waals surface area contributed by atoms with Crippen LogP contribution < -0.4 is 0 Å². The zero-order valence-electron chi connectivity index (χ0n) is 8.60. The second-order valence-electron chi connectivity index (χ2n) is 3.01. The fourth-order valence-electron chi connectivity index (χ4n) is 0.731. The molecule has 0 aromatic rings. The summed E-state index contributed by atoms with van der Waals surface area (Å²) in [6.07, 6.45) is 1.89. The summed E-state index contributed by atoms with van der Waals surface area (Å²) in [7, 11) is -3.21.